The summed E-state index contributed by atoms with van der Waals surface area (Å²) in [5.41, 5.74) is -0.588. The third kappa shape index (κ3) is 12.4. The van der Waals surface area contributed by atoms with Crippen molar-refractivity contribution in [2.75, 3.05) is 14.2 Å². The van der Waals surface area contributed by atoms with Crippen LogP contribution < -0.4 is 0 Å². The molecule has 8 nitrogen and oxygen atoms in total. The van der Waals surface area contributed by atoms with Crippen molar-refractivity contribution in [3.05, 3.63) is 39.4 Å². The van der Waals surface area contributed by atoms with E-state index >= 15 is 0 Å². The third-order valence-corrected chi connectivity index (χ3v) is 2.79. The summed E-state index contributed by atoms with van der Waals surface area (Å²) in [6.45, 7) is 17.4. The van der Waals surface area contributed by atoms with Gasteiger partial charge in [-0.1, -0.05) is 47.6 Å². The molecule has 0 heterocycles. The van der Waals surface area contributed by atoms with Crippen molar-refractivity contribution in [1.29, 1.82) is 0 Å². The molecule has 1 amide bonds. The van der Waals surface area contributed by atoms with Crippen LogP contribution in [0.25, 0.3) is 0 Å². The van der Waals surface area contributed by atoms with Gasteiger partial charge in [0.05, 0.1) is 12.0 Å². The number of rotatable bonds is 4. The molecular formula is C21H38N2O6. The molecule has 0 atom stereocenters. The molecule has 168 valence electrons. The first-order chi connectivity index (χ1) is 13.5. The van der Waals surface area contributed by atoms with E-state index in [0.29, 0.717) is 5.56 Å². The van der Waals surface area contributed by atoms with Gasteiger partial charge in [0.15, 0.2) is 0 Å². The van der Waals surface area contributed by atoms with E-state index in [1.807, 2.05) is 41.5 Å². The van der Waals surface area contributed by atoms with Gasteiger partial charge in [0.25, 0.3) is 5.69 Å². The maximum absolute atomic E-state index is 11.9. The van der Waals surface area contributed by atoms with Gasteiger partial charge in [0.1, 0.15) is 11.2 Å². The lowest BCUT2D eigenvalue weighted by atomic mass is 10.1. The molecule has 0 aliphatic heterocycles. The molecule has 29 heavy (non-hydrogen) atoms. The quantitative estimate of drug-likeness (QED) is 0.349. The minimum absolute atomic E-state index is 0.136. The lowest BCUT2D eigenvalue weighted by Crippen LogP contribution is -2.33. The Morgan fingerprint density at radius 2 is 1.55 bits per heavy atom. The fraction of sp³-hybridized carbons (Fsp3) is 0.619. The Balaban J connectivity index is -0.00000103. The second-order valence-corrected chi connectivity index (χ2v) is 5.94. The summed E-state index contributed by atoms with van der Waals surface area (Å²) < 4.78 is 9.77. The number of benzene rings is 1. The van der Waals surface area contributed by atoms with Crippen molar-refractivity contribution in [2.24, 2.45) is 0 Å². The molecule has 0 spiro atoms. The highest BCUT2D eigenvalue weighted by molar-refractivity contribution is 5.94. The molecule has 1 rings (SSSR count). The highest BCUT2D eigenvalue weighted by Gasteiger charge is 2.23. The zero-order valence-electron chi connectivity index (χ0n) is 19.8. The van der Waals surface area contributed by atoms with Crippen LogP contribution in [0.4, 0.5) is 10.5 Å². The number of nitro groups is 1. The molecule has 0 aromatic heterocycles. The first-order valence-corrected chi connectivity index (χ1v) is 9.85. The number of nitro benzene ring substituents is 1. The maximum atomic E-state index is 11.9. The second-order valence-electron chi connectivity index (χ2n) is 5.94. The summed E-state index contributed by atoms with van der Waals surface area (Å²) in [4.78, 5) is 35.2. The Morgan fingerprint density at radius 3 is 1.93 bits per heavy atom. The van der Waals surface area contributed by atoms with Crippen LogP contribution in [0.1, 0.15) is 78.2 Å². The number of methoxy groups -OCH3 is 1. The average molecular weight is 415 g/mol. The zero-order valence-corrected chi connectivity index (χ0v) is 19.8. The third-order valence-electron chi connectivity index (χ3n) is 2.79. The topological polar surface area (TPSA) is 99.0 Å². The first kappa shape index (κ1) is 31.1. The molecular weight excluding hydrogens is 376 g/mol. The van der Waals surface area contributed by atoms with E-state index < -0.39 is 22.6 Å². The van der Waals surface area contributed by atoms with E-state index in [-0.39, 0.29) is 17.8 Å². The summed E-state index contributed by atoms with van der Waals surface area (Å²) in [5, 5.41) is 11.0. The molecule has 0 aliphatic carbocycles. The van der Waals surface area contributed by atoms with Crippen LogP contribution >= 0.6 is 0 Å². The van der Waals surface area contributed by atoms with Gasteiger partial charge in [0.2, 0.25) is 0 Å². The SMILES string of the molecule is CC.CC.CC.COC(=O)c1cc(CN(C)C(=O)OC(C)(C)C)ccc1[N+](=O)[O-]. The van der Waals surface area contributed by atoms with Crippen molar-refractivity contribution in [1.82, 2.24) is 4.90 Å². The lowest BCUT2D eigenvalue weighted by Gasteiger charge is -2.24. The van der Waals surface area contributed by atoms with Gasteiger partial charge in [-0.05, 0) is 32.4 Å². The van der Waals surface area contributed by atoms with Crippen LogP contribution in [0.2, 0.25) is 0 Å². The number of amides is 1. The minimum Gasteiger partial charge on any atom is -0.465 e. The van der Waals surface area contributed by atoms with Crippen molar-refractivity contribution in [3.63, 3.8) is 0 Å². The number of carbonyl (C=O) groups excluding carboxylic acids is 2. The summed E-state index contributed by atoms with van der Waals surface area (Å²) in [5.74, 6) is -0.807. The Bertz CT molecular complexity index is 624. The number of carbonyl (C=O) groups is 2. The van der Waals surface area contributed by atoms with Gasteiger partial charge in [0, 0.05) is 19.7 Å². The molecule has 0 N–H and O–H groups in total. The maximum Gasteiger partial charge on any atom is 0.410 e. The van der Waals surface area contributed by atoms with Crippen molar-refractivity contribution < 1.29 is 24.0 Å². The normalized spacial score (nSPS) is 9.21. The fourth-order valence-corrected chi connectivity index (χ4v) is 1.79. The van der Waals surface area contributed by atoms with E-state index in [4.69, 9.17) is 4.74 Å². The highest BCUT2D eigenvalue weighted by atomic mass is 16.6. The van der Waals surface area contributed by atoms with Crippen LogP contribution in [0.3, 0.4) is 0 Å². The molecule has 0 saturated heterocycles. The summed E-state index contributed by atoms with van der Waals surface area (Å²) in [7, 11) is 2.68. The molecule has 0 unspecified atom stereocenters. The predicted octanol–water partition coefficient (Wildman–Crippen LogP) is 5.83. The molecule has 1 aromatic rings. The van der Waals surface area contributed by atoms with Crippen LogP contribution in [0.5, 0.6) is 0 Å². The number of esters is 1. The van der Waals surface area contributed by atoms with E-state index in [0.717, 1.165) is 7.11 Å². The molecule has 0 radical (unpaired) electrons. The van der Waals surface area contributed by atoms with Gasteiger partial charge in [-0.25, -0.2) is 9.59 Å². The molecule has 0 fully saturated rings. The predicted molar refractivity (Wildman–Crippen MR) is 116 cm³/mol. The van der Waals surface area contributed by atoms with Crippen LogP contribution in [-0.2, 0) is 16.0 Å². The summed E-state index contributed by atoms with van der Waals surface area (Å²) in [6, 6.07) is 4.03. The van der Waals surface area contributed by atoms with Crippen molar-refractivity contribution in [2.45, 2.75) is 74.5 Å². The Morgan fingerprint density at radius 1 is 1.07 bits per heavy atom. The van der Waals surface area contributed by atoms with Crippen LogP contribution in [0.15, 0.2) is 18.2 Å². The molecule has 1 aromatic carbocycles. The Labute approximate surface area is 175 Å². The second kappa shape index (κ2) is 16.3. The van der Waals surface area contributed by atoms with Gasteiger partial charge in [-0.15, -0.1) is 0 Å². The first-order valence-electron chi connectivity index (χ1n) is 9.85. The smallest absolute Gasteiger partial charge is 0.410 e. The van der Waals surface area contributed by atoms with E-state index in [9.17, 15) is 19.7 Å². The zero-order chi connectivity index (χ0) is 23.8. The van der Waals surface area contributed by atoms with Crippen LogP contribution in [0, 0.1) is 10.1 Å². The van der Waals surface area contributed by atoms with Gasteiger partial charge in [-0.3, -0.25) is 10.1 Å². The number of hydrogen-bond acceptors (Lipinski definition) is 6. The largest absolute Gasteiger partial charge is 0.465 e. The Kier molecular flexibility index (Phi) is 17.5. The van der Waals surface area contributed by atoms with Gasteiger partial charge in [-0.2, -0.15) is 0 Å². The van der Waals surface area contributed by atoms with Gasteiger partial charge >= 0.3 is 12.1 Å². The van der Waals surface area contributed by atoms with Gasteiger partial charge < -0.3 is 14.4 Å². The number of ether oxygens (including phenoxy) is 2. The lowest BCUT2D eigenvalue weighted by molar-refractivity contribution is -0.385. The average Bonchev–Trinajstić information content (AvgIpc) is 2.70. The standard InChI is InChI=1S/C15H20N2O6.3C2H6/c1-15(2,3)23-14(19)16(4)9-10-6-7-12(17(20)21)11(8-10)13(18)22-5;3*1-2/h6-8H,9H2,1-5H3;3*1-2H3. The molecule has 8 heteroatoms. The fourth-order valence-electron chi connectivity index (χ4n) is 1.79. The minimum atomic E-state index is -0.807. The monoisotopic (exact) mass is 414 g/mol. The number of hydrogen-bond donors (Lipinski definition) is 0. The molecule has 0 bridgehead atoms. The molecule has 0 aliphatic rings. The number of nitrogens with zero attached hydrogens (tertiary/aromatic N) is 2. The van der Waals surface area contributed by atoms with E-state index in [2.05, 4.69) is 4.74 Å². The van der Waals surface area contributed by atoms with E-state index in [1.165, 1.54) is 30.1 Å². The molecule has 0 saturated carbocycles. The van der Waals surface area contributed by atoms with Crippen molar-refractivity contribution in [3.8, 4) is 0 Å². The highest BCUT2D eigenvalue weighted by Crippen LogP contribution is 2.22. The van der Waals surface area contributed by atoms with Crippen LogP contribution in [-0.4, -0.2) is 41.6 Å². The summed E-state index contributed by atoms with van der Waals surface area (Å²) >= 11 is 0. The van der Waals surface area contributed by atoms with Crippen molar-refractivity contribution >= 4 is 17.7 Å². The van der Waals surface area contributed by atoms with E-state index in [1.54, 1.807) is 20.8 Å². The Hall–Kier alpha value is -2.64. The summed E-state index contributed by atoms with van der Waals surface area (Å²) in [6.07, 6.45) is -0.532.